The molecule has 2 heterocycles. The highest BCUT2D eigenvalue weighted by molar-refractivity contribution is 5.41. The van der Waals surface area contributed by atoms with E-state index < -0.39 is 5.79 Å². The Kier molecular flexibility index (Phi) is 6.06. The first-order chi connectivity index (χ1) is 14.5. The van der Waals surface area contributed by atoms with Crippen molar-refractivity contribution in [1.29, 1.82) is 0 Å². The number of nitrogens with zero attached hydrogens (tertiary/aromatic N) is 2. The van der Waals surface area contributed by atoms with E-state index in [1.807, 2.05) is 35.0 Å². The first-order valence-corrected chi connectivity index (χ1v) is 10.3. The van der Waals surface area contributed by atoms with Gasteiger partial charge in [0.05, 0.1) is 19.5 Å². The molecule has 1 aliphatic rings. The summed E-state index contributed by atoms with van der Waals surface area (Å²) in [6.07, 6.45) is 7.01. The number of hydrogen-bond donors (Lipinski definition) is 1. The Bertz CT molecular complexity index is 956. The van der Waals surface area contributed by atoms with E-state index >= 15 is 0 Å². The van der Waals surface area contributed by atoms with Crippen LogP contribution in [0.4, 0.5) is 5.69 Å². The molecule has 0 unspecified atom stereocenters. The van der Waals surface area contributed by atoms with E-state index in [0.717, 1.165) is 18.6 Å². The topological polar surface area (TPSA) is 71.5 Å². The van der Waals surface area contributed by atoms with Gasteiger partial charge in [0, 0.05) is 24.5 Å². The maximum Gasteiger partial charge on any atom is 0.187 e. The number of imidazole rings is 1. The fraction of sp³-hybridized carbons (Fsp3) is 0.375. The molecule has 1 fully saturated rings. The van der Waals surface area contributed by atoms with Crippen molar-refractivity contribution in [3.8, 4) is 5.75 Å². The van der Waals surface area contributed by atoms with E-state index in [1.165, 1.54) is 16.7 Å². The molecule has 0 bridgehead atoms. The van der Waals surface area contributed by atoms with E-state index in [9.17, 15) is 0 Å². The highest BCUT2D eigenvalue weighted by atomic mass is 16.8. The number of nitrogen functional groups attached to an aromatic ring is 1. The number of aryl methyl sites for hydroxylation is 3. The lowest BCUT2D eigenvalue weighted by molar-refractivity contribution is -0.184. The van der Waals surface area contributed by atoms with Gasteiger partial charge in [-0.3, -0.25) is 0 Å². The molecule has 1 saturated heterocycles. The molecule has 0 spiro atoms. The van der Waals surface area contributed by atoms with Gasteiger partial charge in [-0.15, -0.1) is 0 Å². The Morgan fingerprint density at radius 3 is 2.77 bits per heavy atom. The monoisotopic (exact) mass is 407 g/mol. The second-order valence-corrected chi connectivity index (χ2v) is 8.01. The molecule has 0 saturated carbocycles. The minimum absolute atomic E-state index is 0.134. The van der Waals surface area contributed by atoms with Gasteiger partial charge in [-0.05, 0) is 55.7 Å². The number of nitrogens with two attached hydrogens (primary N) is 1. The van der Waals surface area contributed by atoms with Crippen molar-refractivity contribution in [2.24, 2.45) is 0 Å². The standard InChI is InChI=1S/C24H29N3O3/c1-18-3-4-20(19(2)13-18)9-10-24(16-27-12-11-26-17-27)29-15-23(30-24)14-28-22-7-5-21(25)6-8-22/h3-8,11-13,17,23H,9-10,14-16,25H2,1-2H3/t23-,24-/m0/s1. The molecular formula is C24H29N3O3. The summed E-state index contributed by atoms with van der Waals surface area (Å²) in [5.74, 6) is 0.0721. The van der Waals surface area contributed by atoms with Crippen LogP contribution in [0.5, 0.6) is 5.75 Å². The van der Waals surface area contributed by atoms with Crippen LogP contribution in [0, 0.1) is 13.8 Å². The van der Waals surface area contributed by atoms with Crippen LogP contribution in [-0.4, -0.2) is 34.7 Å². The SMILES string of the molecule is Cc1ccc(CC[C@]2(Cn3ccnc3)OC[C@H](COc3ccc(N)cc3)O2)c(C)c1. The maximum absolute atomic E-state index is 6.43. The highest BCUT2D eigenvalue weighted by Crippen LogP contribution is 2.32. The molecule has 6 heteroatoms. The minimum atomic E-state index is -0.701. The molecular weight excluding hydrogens is 378 g/mol. The summed E-state index contributed by atoms with van der Waals surface area (Å²) >= 11 is 0. The number of rotatable bonds is 8. The van der Waals surface area contributed by atoms with Gasteiger partial charge in [0.15, 0.2) is 5.79 Å². The first kappa shape index (κ1) is 20.4. The molecule has 1 aromatic heterocycles. The molecule has 3 aromatic rings. The smallest absolute Gasteiger partial charge is 0.187 e. The summed E-state index contributed by atoms with van der Waals surface area (Å²) in [6.45, 7) is 5.79. The molecule has 2 atom stereocenters. The summed E-state index contributed by atoms with van der Waals surface area (Å²) < 4.78 is 20.6. The number of anilines is 1. The third kappa shape index (κ3) is 5.01. The molecule has 158 valence electrons. The first-order valence-electron chi connectivity index (χ1n) is 10.3. The molecule has 30 heavy (non-hydrogen) atoms. The average Bonchev–Trinajstić information content (AvgIpc) is 3.38. The lowest BCUT2D eigenvalue weighted by Crippen LogP contribution is -2.37. The predicted molar refractivity (Wildman–Crippen MR) is 116 cm³/mol. The van der Waals surface area contributed by atoms with Crippen molar-refractivity contribution in [3.63, 3.8) is 0 Å². The third-order valence-electron chi connectivity index (χ3n) is 5.49. The fourth-order valence-electron chi connectivity index (χ4n) is 3.85. The quantitative estimate of drug-likeness (QED) is 0.573. The molecule has 2 N–H and O–H groups in total. The number of benzene rings is 2. The Balaban J connectivity index is 1.42. The minimum Gasteiger partial charge on any atom is -0.491 e. The van der Waals surface area contributed by atoms with Crippen LogP contribution in [0.3, 0.4) is 0 Å². The normalized spacial score (nSPS) is 21.1. The van der Waals surface area contributed by atoms with Gasteiger partial charge in [-0.25, -0.2) is 4.98 Å². The molecule has 6 nitrogen and oxygen atoms in total. The third-order valence-corrected chi connectivity index (χ3v) is 5.49. The van der Waals surface area contributed by atoms with E-state index in [1.54, 1.807) is 12.5 Å². The van der Waals surface area contributed by atoms with Crippen molar-refractivity contribution in [2.45, 2.75) is 45.1 Å². The van der Waals surface area contributed by atoms with Crippen molar-refractivity contribution < 1.29 is 14.2 Å². The molecule has 4 rings (SSSR count). The Labute approximate surface area is 177 Å². The number of aromatic nitrogens is 2. The summed E-state index contributed by atoms with van der Waals surface area (Å²) in [5.41, 5.74) is 10.3. The molecule has 0 amide bonds. The van der Waals surface area contributed by atoms with Crippen LogP contribution in [0.1, 0.15) is 23.1 Å². The number of ether oxygens (including phenoxy) is 3. The zero-order valence-corrected chi connectivity index (χ0v) is 17.6. The van der Waals surface area contributed by atoms with Gasteiger partial charge >= 0.3 is 0 Å². The Morgan fingerprint density at radius 1 is 1.20 bits per heavy atom. The fourth-order valence-corrected chi connectivity index (χ4v) is 3.85. The van der Waals surface area contributed by atoms with Gasteiger partial charge in [0.25, 0.3) is 0 Å². The molecule has 0 aliphatic carbocycles. The van der Waals surface area contributed by atoms with Gasteiger partial charge in [0.2, 0.25) is 0 Å². The van der Waals surface area contributed by atoms with Crippen LogP contribution < -0.4 is 10.5 Å². The van der Waals surface area contributed by atoms with Crippen molar-refractivity contribution in [1.82, 2.24) is 9.55 Å². The van der Waals surface area contributed by atoms with Crippen molar-refractivity contribution in [2.75, 3.05) is 18.9 Å². The maximum atomic E-state index is 6.43. The van der Waals surface area contributed by atoms with Crippen LogP contribution >= 0.6 is 0 Å². The zero-order valence-electron chi connectivity index (χ0n) is 17.6. The molecule has 2 aromatic carbocycles. The predicted octanol–water partition coefficient (Wildman–Crippen LogP) is 3.91. The summed E-state index contributed by atoms with van der Waals surface area (Å²) in [7, 11) is 0. The van der Waals surface area contributed by atoms with Crippen LogP contribution in [0.15, 0.2) is 61.2 Å². The lowest BCUT2D eigenvalue weighted by Gasteiger charge is -2.29. The highest BCUT2D eigenvalue weighted by Gasteiger charge is 2.42. The summed E-state index contributed by atoms with van der Waals surface area (Å²) in [6, 6.07) is 14.0. The summed E-state index contributed by atoms with van der Waals surface area (Å²) in [4.78, 5) is 4.16. The van der Waals surface area contributed by atoms with Gasteiger partial charge in [-0.2, -0.15) is 0 Å². The van der Waals surface area contributed by atoms with Gasteiger partial charge in [0.1, 0.15) is 18.5 Å². The van der Waals surface area contributed by atoms with Crippen molar-refractivity contribution >= 4 is 5.69 Å². The Hall–Kier alpha value is -2.83. The molecule has 0 radical (unpaired) electrons. The summed E-state index contributed by atoms with van der Waals surface area (Å²) in [5, 5.41) is 0. The molecule has 1 aliphatic heterocycles. The number of hydrogen-bond acceptors (Lipinski definition) is 5. The lowest BCUT2D eigenvalue weighted by atomic mass is 9.98. The van der Waals surface area contributed by atoms with Crippen molar-refractivity contribution in [3.05, 3.63) is 77.9 Å². The van der Waals surface area contributed by atoms with E-state index in [2.05, 4.69) is 37.0 Å². The van der Waals surface area contributed by atoms with E-state index in [-0.39, 0.29) is 6.10 Å². The largest absolute Gasteiger partial charge is 0.491 e. The second-order valence-electron chi connectivity index (χ2n) is 8.01. The van der Waals surface area contributed by atoms with Crippen LogP contribution in [-0.2, 0) is 22.4 Å². The van der Waals surface area contributed by atoms with E-state index in [0.29, 0.717) is 25.4 Å². The van der Waals surface area contributed by atoms with Gasteiger partial charge < -0.3 is 24.5 Å². The van der Waals surface area contributed by atoms with Crippen LogP contribution in [0.25, 0.3) is 0 Å². The second kappa shape index (κ2) is 8.90. The Morgan fingerprint density at radius 2 is 2.03 bits per heavy atom. The van der Waals surface area contributed by atoms with E-state index in [4.69, 9.17) is 19.9 Å². The van der Waals surface area contributed by atoms with Crippen LogP contribution in [0.2, 0.25) is 0 Å². The average molecular weight is 408 g/mol. The zero-order chi connectivity index (χ0) is 21.0. The van der Waals surface area contributed by atoms with Gasteiger partial charge in [-0.1, -0.05) is 23.8 Å².